The van der Waals surface area contributed by atoms with E-state index in [0.717, 1.165) is 92.8 Å². The van der Waals surface area contributed by atoms with Crippen LogP contribution in [0.1, 0.15) is 52.1 Å². The van der Waals surface area contributed by atoms with Crippen molar-refractivity contribution in [3.63, 3.8) is 0 Å². The van der Waals surface area contributed by atoms with E-state index in [4.69, 9.17) is 27.9 Å². The minimum absolute atomic E-state index is 0.109. The zero-order chi connectivity index (χ0) is 39.0. The Morgan fingerprint density at radius 3 is 1.63 bits per heavy atom. The average Bonchev–Trinajstić information content (AvgIpc) is 3.15. The molecule has 2 amide bonds. The number of halogens is 4. The van der Waals surface area contributed by atoms with Crippen LogP contribution < -0.4 is 21.3 Å². The Balaban J connectivity index is 0.000000241. The Morgan fingerprint density at radius 2 is 1.17 bits per heavy atom. The number of amides is 2. The van der Waals surface area contributed by atoms with Gasteiger partial charge in [-0.1, -0.05) is 37.0 Å². The van der Waals surface area contributed by atoms with Gasteiger partial charge in [0.1, 0.15) is 0 Å². The molecule has 0 atom stereocenters. The van der Waals surface area contributed by atoms with Gasteiger partial charge in [-0.15, -0.1) is 0 Å². The lowest BCUT2D eigenvalue weighted by molar-refractivity contribution is 0.0383. The zero-order valence-corrected chi connectivity index (χ0v) is 37.2. The molecule has 0 bridgehead atoms. The normalized spacial score (nSPS) is 12.8. The zero-order valence-electron chi connectivity index (χ0n) is 31.3. The summed E-state index contributed by atoms with van der Waals surface area (Å²) in [6.45, 7) is 16.8. The lowest BCUT2D eigenvalue weighted by Gasteiger charge is -2.26. The van der Waals surface area contributed by atoms with E-state index in [9.17, 15) is 9.59 Å². The van der Waals surface area contributed by atoms with E-state index in [1.165, 1.54) is 7.14 Å². The second-order valence-electron chi connectivity index (χ2n) is 12.9. The number of nitrogens with zero attached hydrogens (tertiary/aromatic N) is 2. The van der Waals surface area contributed by atoms with Gasteiger partial charge >= 0.3 is 0 Å². The van der Waals surface area contributed by atoms with Crippen molar-refractivity contribution in [1.29, 1.82) is 0 Å². The molecule has 0 aromatic heterocycles. The highest BCUT2D eigenvalue weighted by atomic mass is 127. The summed E-state index contributed by atoms with van der Waals surface area (Å²) in [6, 6.07) is 23.0. The topological polar surface area (TPSA) is 98.0 Å². The molecule has 1 saturated heterocycles. The van der Waals surface area contributed by atoms with Crippen molar-refractivity contribution >= 4 is 103 Å². The monoisotopic (exact) mass is 998 g/mol. The first-order valence-electron chi connectivity index (χ1n) is 18.2. The summed E-state index contributed by atoms with van der Waals surface area (Å²) in [6.07, 6.45) is 0.924. The maximum absolute atomic E-state index is 12.7. The second kappa shape index (κ2) is 22.8. The van der Waals surface area contributed by atoms with E-state index in [0.29, 0.717) is 34.3 Å². The predicted molar refractivity (Wildman–Crippen MR) is 242 cm³/mol. The number of anilines is 4. The van der Waals surface area contributed by atoms with Gasteiger partial charge in [-0.3, -0.25) is 14.5 Å². The number of rotatable bonds is 15. The van der Waals surface area contributed by atoms with Gasteiger partial charge in [0.05, 0.1) is 35.7 Å². The SMILES string of the molecule is CCN(CC)CCCNC(=O)c1cc(Cl)ccc1Nc1ccc(I)cc1C.Cc1cc(I)ccc1Nc1ccc(Cl)cc1C(=O)NCCN1CCOCC1. The molecular weight excluding hydrogens is 949 g/mol. The number of ether oxygens (including phenoxy) is 1. The van der Waals surface area contributed by atoms with Crippen LogP contribution in [0.25, 0.3) is 0 Å². The van der Waals surface area contributed by atoms with E-state index in [-0.39, 0.29) is 11.8 Å². The third-order valence-electron chi connectivity index (χ3n) is 9.02. The predicted octanol–water partition coefficient (Wildman–Crippen LogP) is 9.52. The maximum atomic E-state index is 12.7. The highest BCUT2D eigenvalue weighted by Gasteiger charge is 2.16. The Kier molecular flexibility index (Phi) is 18.6. The van der Waals surface area contributed by atoms with Crippen LogP contribution in [-0.4, -0.2) is 87.2 Å². The summed E-state index contributed by atoms with van der Waals surface area (Å²) in [5.74, 6) is -0.237. The molecule has 0 spiro atoms. The van der Waals surface area contributed by atoms with Gasteiger partial charge in [-0.05, 0) is 169 Å². The fourth-order valence-corrected chi connectivity index (χ4v) is 7.48. The number of hydrogen-bond donors (Lipinski definition) is 4. The van der Waals surface area contributed by atoms with E-state index >= 15 is 0 Å². The molecule has 54 heavy (non-hydrogen) atoms. The molecule has 1 aliphatic heterocycles. The number of aryl methyl sites for hydroxylation is 2. The smallest absolute Gasteiger partial charge is 0.253 e. The minimum atomic E-state index is -0.128. The van der Waals surface area contributed by atoms with Gasteiger partial charge in [-0.2, -0.15) is 0 Å². The van der Waals surface area contributed by atoms with Crippen LogP contribution in [0, 0.1) is 21.0 Å². The van der Waals surface area contributed by atoms with Crippen molar-refractivity contribution in [2.75, 3.05) is 76.2 Å². The number of hydrogen-bond acceptors (Lipinski definition) is 7. The third kappa shape index (κ3) is 14.1. The van der Waals surface area contributed by atoms with Gasteiger partial charge in [0.2, 0.25) is 0 Å². The van der Waals surface area contributed by atoms with Crippen molar-refractivity contribution in [3.8, 4) is 0 Å². The molecule has 9 nitrogen and oxygen atoms in total. The fraction of sp³-hybridized carbons (Fsp3) is 0.366. The molecule has 4 aromatic rings. The first kappa shape index (κ1) is 44.1. The van der Waals surface area contributed by atoms with Crippen molar-refractivity contribution in [2.45, 2.75) is 34.1 Å². The van der Waals surface area contributed by atoms with Gasteiger partial charge in [0.15, 0.2) is 0 Å². The van der Waals surface area contributed by atoms with Crippen molar-refractivity contribution < 1.29 is 14.3 Å². The number of morpholine rings is 1. The van der Waals surface area contributed by atoms with Crippen LogP contribution in [0.2, 0.25) is 10.0 Å². The highest BCUT2D eigenvalue weighted by Crippen LogP contribution is 2.28. The molecule has 290 valence electrons. The summed E-state index contributed by atoms with van der Waals surface area (Å²) in [5.41, 5.74) is 6.80. The molecule has 0 unspecified atom stereocenters. The summed E-state index contributed by atoms with van der Waals surface area (Å²) in [5, 5.41) is 13.8. The fourth-order valence-electron chi connectivity index (χ4n) is 5.84. The van der Waals surface area contributed by atoms with Crippen LogP contribution in [0.3, 0.4) is 0 Å². The molecule has 5 rings (SSSR count). The van der Waals surface area contributed by atoms with E-state index in [1.54, 1.807) is 24.3 Å². The Labute approximate surface area is 357 Å². The van der Waals surface area contributed by atoms with Gasteiger partial charge in [0, 0.05) is 61.3 Å². The number of benzene rings is 4. The molecule has 0 saturated carbocycles. The Hall–Kier alpha value is -2.66. The second-order valence-corrected chi connectivity index (χ2v) is 16.3. The molecule has 1 aliphatic rings. The molecule has 0 radical (unpaired) electrons. The maximum Gasteiger partial charge on any atom is 0.253 e. The molecule has 1 heterocycles. The molecule has 0 aliphatic carbocycles. The van der Waals surface area contributed by atoms with Crippen LogP contribution >= 0.6 is 68.4 Å². The molecule has 4 aromatic carbocycles. The lowest BCUT2D eigenvalue weighted by Crippen LogP contribution is -2.41. The minimum Gasteiger partial charge on any atom is -0.379 e. The number of nitrogens with one attached hydrogen (secondary N) is 4. The van der Waals surface area contributed by atoms with Crippen LogP contribution in [0.5, 0.6) is 0 Å². The summed E-state index contributed by atoms with van der Waals surface area (Å²) in [7, 11) is 0. The first-order valence-corrected chi connectivity index (χ1v) is 21.1. The molecular formula is C41H50Cl2I2N6O3. The standard InChI is InChI=1S/C21H27ClIN3O.C20H23ClIN3O2/c1-4-26(5-2)12-6-11-24-21(27)18-14-16(22)7-9-20(18)25-19-10-8-17(23)13-15(19)3;1-14-12-16(22)3-5-18(14)24-19-4-2-15(21)13-17(19)20(26)23-6-7-25-8-10-27-11-9-25/h7-10,13-14,25H,4-6,11-12H2,1-3H3,(H,24,27);2-5,12-13,24H,6-11H2,1H3,(H,23,26). The van der Waals surface area contributed by atoms with Gasteiger partial charge in [-0.25, -0.2) is 0 Å². The van der Waals surface area contributed by atoms with E-state index in [1.807, 2.05) is 50.2 Å². The molecule has 13 heteroatoms. The van der Waals surface area contributed by atoms with Crippen molar-refractivity contribution in [3.05, 3.63) is 112 Å². The third-order valence-corrected chi connectivity index (χ3v) is 10.8. The van der Waals surface area contributed by atoms with Gasteiger partial charge < -0.3 is 30.9 Å². The van der Waals surface area contributed by atoms with E-state index in [2.05, 4.69) is 102 Å². The van der Waals surface area contributed by atoms with Crippen LogP contribution in [0.15, 0.2) is 72.8 Å². The molecule has 4 N–H and O–H groups in total. The lowest BCUT2D eigenvalue weighted by atomic mass is 10.1. The first-order chi connectivity index (χ1) is 26.0. The Bertz CT molecular complexity index is 1850. The van der Waals surface area contributed by atoms with Crippen LogP contribution in [-0.2, 0) is 4.74 Å². The molecule has 1 fully saturated rings. The summed E-state index contributed by atoms with van der Waals surface area (Å²) in [4.78, 5) is 30.1. The number of carbonyl (C=O) groups excluding carboxylic acids is 2. The van der Waals surface area contributed by atoms with Crippen LogP contribution in [0.4, 0.5) is 22.7 Å². The Morgan fingerprint density at radius 1 is 0.704 bits per heavy atom. The summed E-state index contributed by atoms with van der Waals surface area (Å²) < 4.78 is 7.70. The van der Waals surface area contributed by atoms with Crippen molar-refractivity contribution in [2.24, 2.45) is 0 Å². The van der Waals surface area contributed by atoms with E-state index < -0.39 is 0 Å². The van der Waals surface area contributed by atoms with Crippen molar-refractivity contribution in [1.82, 2.24) is 20.4 Å². The number of carbonyl (C=O) groups is 2. The average molecular weight is 1000 g/mol. The quantitative estimate of drug-likeness (QED) is 0.0697. The largest absolute Gasteiger partial charge is 0.379 e. The highest BCUT2D eigenvalue weighted by molar-refractivity contribution is 14.1. The van der Waals surface area contributed by atoms with Gasteiger partial charge in [0.25, 0.3) is 11.8 Å². The summed E-state index contributed by atoms with van der Waals surface area (Å²) >= 11 is 16.9.